The standard InChI is InChI=1S/C4H6NO2/c1-3-5-4(6)7-2/h1,3H,2H3,(H,5,6). The van der Waals surface area contributed by atoms with E-state index in [2.05, 4.69) is 10.1 Å². The van der Waals surface area contributed by atoms with E-state index in [0.717, 1.165) is 6.54 Å². The van der Waals surface area contributed by atoms with Crippen molar-refractivity contribution < 1.29 is 9.53 Å². The number of methoxy groups -OCH3 is 1. The fraction of sp³-hybridized carbons (Fsp3) is 0.250. The molecule has 0 aliphatic carbocycles. The van der Waals surface area contributed by atoms with Crippen molar-refractivity contribution in [2.75, 3.05) is 7.11 Å². The molecule has 0 atom stereocenters. The first-order valence-corrected chi connectivity index (χ1v) is 1.69. The van der Waals surface area contributed by atoms with Crippen LogP contribution in [0, 0.1) is 13.5 Å². The van der Waals surface area contributed by atoms with Crippen molar-refractivity contribution in [1.82, 2.24) is 5.32 Å². The Morgan fingerprint density at radius 2 is 2.57 bits per heavy atom. The Morgan fingerprint density at radius 3 is 2.71 bits per heavy atom. The van der Waals surface area contributed by atoms with E-state index >= 15 is 0 Å². The van der Waals surface area contributed by atoms with Crippen LogP contribution < -0.4 is 5.32 Å². The zero-order chi connectivity index (χ0) is 5.70. The lowest BCUT2D eigenvalue weighted by Gasteiger charge is -1.94. The summed E-state index contributed by atoms with van der Waals surface area (Å²) < 4.78 is 4.13. The lowest BCUT2D eigenvalue weighted by molar-refractivity contribution is 0.174. The average molecular weight is 100 g/mol. The molecule has 0 unspecified atom stereocenters. The zero-order valence-corrected chi connectivity index (χ0v) is 3.97. The molecule has 7 heavy (non-hydrogen) atoms. The van der Waals surface area contributed by atoms with Crippen LogP contribution in [0.2, 0.25) is 0 Å². The molecule has 0 heterocycles. The molecule has 3 nitrogen and oxygen atoms in total. The monoisotopic (exact) mass is 100 g/mol. The number of nitrogens with one attached hydrogen (secondary N) is 1. The van der Waals surface area contributed by atoms with Gasteiger partial charge in [-0.05, 0) is 6.92 Å². The predicted octanol–water partition coefficient (Wildman–Crippen LogP) is 0.215. The maximum atomic E-state index is 9.97. The molecule has 3 heteroatoms. The second-order valence-electron chi connectivity index (χ2n) is 0.803. The summed E-state index contributed by atoms with van der Waals surface area (Å²) in [5.74, 6) is 0. The molecule has 0 aliphatic rings. The highest BCUT2D eigenvalue weighted by Gasteiger charge is 1.90. The van der Waals surface area contributed by atoms with Crippen molar-refractivity contribution in [1.29, 1.82) is 0 Å². The van der Waals surface area contributed by atoms with Crippen molar-refractivity contribution >= 4 is 6.09 Å². The Kier molecular flexibility index (Phi) is 3.10. The van der Waals surface area contributed by atoms with E-state index < -0.39 is 6.09 Å². The summed E-state index contributed by atoms with van der Waals surface area (Å²) in [6, 6.07) is 0. The van der Waals surface area contributed by atoms with Crippen molar-refractivity contribution in [3.8, 4) is 0 Å². The smallest absolute Gasteiger partial charge is 0.407 e. The minimum atomic E-state index is -0.553. The molecule has 39 valence electrons. The third kappa shape index (κ3) is 3.09. The fourth-order valence-electron chi connectivity index (χ4n) is 0.127. The molecule has 0 aromatic heterocycles. The van der Waals surface area contributed by atoms with Gasteiger partial charge in [-0.3, -0.25) is 0 Å². The van der Waals surface area contributed by atoms with Crippen LogP contribution in [0.5, 0.6) is 0 Å². The average Bonchev–Trinajstić information content (AvgIpc) is 1.68. The second kappa shape index (κ2) is 3.46. The van der Waals surface area contributed by atoms with Gasteiger partial charge in [-0.15, -0.1) is 0 Å². The number of hydrogen-bond donors (Lipinski definition) is 1. The van der Waals surface area contributed by atoms with Gasteiger partial charge in [-0.25, -0.2) is 4.79 Å². The van der Waals surface area contributed by atoms with Crippen LogP contribution in [0.4, 0.5) is 4.79 Å². The minimum absolute atomic E-state index is 0.553. The summed E-state index contributed by atoms with van der Waals surface area (Å²) >= 11 is 0. The van der Waals surface area contributed by atoms with Crippen LogP contribution in [0.3, 0.4) is 0 Å². The topological polar surface area (TPSA) is 38.3 Å². The highest BCUT2D eigenvalue weighted by atomic mass is 16.5. The lowest BCUT2D eigenvalue weighted by Crippen LogP contribution is -2.18. The second-order valence-corrected chi connectivity index (χ2v) is 0.803. The molecule has 0 aliphatic heterocycles. The Morgan fingerprint density at radius 1 is 2.00 bits per heavy atom. The van der Waals surface area contributed by atoms with Gasteiger partial charge in [-0.2, -0.15) is 0 Å². The Balaban J connectivity index is 3.00. The number of rotatable bonds is 1. The highest BCUT2D eigenvalue weighted by Crippen LogP contribution is 1.69. The van der Waals surface area contributed by atoms with Crippen LogP contribution in [0.15, 0.2) is 0 Å². The minimum Gasteiger partial charge on any atom is -0.453 e. The third-order valence-electron chi connectivity index (χ3n) is 0.387. The molecular weight excluding hydrogens is 94.0 g/mol. The summed E-state index contributed by atoms with van der Waals surface area (Å²) in [4.78, 5) is 9.97. The van der Waals surface area contributed by atoms with Gasteiger partial charge >= 0.3 is 6.09 Å². The maximum Gasteiger partial charge on any atom is 0.407 e. The Bertz CT molecular complexity index is 62.7. The number of ether oxygens (including phenoxy) is 1. The molecule has 3 radical (unpaired) electrons. The Hall–Kier alpha value is -0.730. The van der Waals surface area contributed by atoms with Gasteiger partial charge in [0, 0.05) is 0 Å². The molecule has 0 rings (SSSR count). The number of amides is 1. The summed E-state index contributed by atoms with van der Waals surface area (Å²) in [7, 11) is 1.26. The quantitative estimate of drug-likeness (QED) is 0.511. The van der Waals surface area contributed by atoms with Gasteiger partial charge in [0.2, 0.25) is 0 Å². The maximum absolute atomic E-state index is 9.97. The van der Waals surface area contributed by atoms with Crippen LogP contribution in [0.1, 0.15) is 0 Å². The molecule has 0 aromatic rings. The first kappa shape index (κ1) is 6.27. The van der Waals surface area contributed by atoms with Gasteiger partial charge < -0.3 is 10.1 Å². The molecule has 1 N–H and O–H groups in total. The normalized spacial score (nSPS) is 7.71. The number of alkyl carbamates (subject to hydrolysis) is 1. The summed E-state index contributed by atoms with van der Waals surface area (Å²) in [6.45, 7) is 5.77. The molecule has 1 amide bonds. The summed E-state index contributed by atoms with van der Waals surface area (Å²) in [6.07, 6.45) is -0.553. The molecular formula is C4H6NO2. The van der Waals surface area contributed by atoms with Crippen molar-refractivity contribution in [2.24, 2.45) is 0 Å². The van der Waals surface area contributed by atoms with Crippen LogP contribution >= 0.6 is 0 Å². The van der Waals surface area contributed by atoms with E-state index in [0.29, 0.717) is 0 Å². The number of hydrogen-bond acceptors (Lipinski definition) is 2. The summed E-state index contributed by atoms with van der Waals surface area (Å²) in [5, 5.41) is 2.09. The van der Waals surface area contributed by atoms with Gasteiger partial charge in [0.05, 0.1) is 13.7 Å². The Labute approximate surface area is 42.7 Å². The molecule has 0 spiro atoms. The van der Waals surface area contributed by atoms with Crippen molar-refractivity contribution in [3.63, 3.8) is 0 Å². The molecule has 0 fully saturated rings. The van der Waals surface area contributed by atoms with E-state index in [-0.39, 0.29) is 0 Å². The number of carbonyl (C=O) groups is 1. The van der Waals surface area contributed by atoms with E-state index in [1.807, 2.05) is 0 Å². The van der Waals surface area contributed by atoms with Crippen molar-refractivity contribution in [3.05, 3.63) is 13.5 Å². The van der Waals surface area contributed by atoms with Gasteiger partial charge in [0.25, 0.3) is 0 Å². The van der Waals surface area contributed by atoms with E-state index in [1.54, 1.807) is 0 Å². The molecule has 0 bridgehead atoms. The van der Waals surface area contributed by atoms with Crippen molar-refractivity contribution in [2.45, 2.75) is 0 Å². The number of carbonyl (C=O) groups excluding carboxylic acids is 1. The van der Waals surface area contributed by atoms with Crippen LogP contribution in [-0.4, -0.2) is 13.2 Å². The predicted molar refractivity (Wildman–Crippen MR) is 24.1 cm³/mol. The SMILES string of the molecule is [CH][CH]NC(=O)OC. The fourth-order valence-corrected chi connectivity index (χ4v) is 0.127. The van der Waals surface area contributed by atoms with Crippen LogP contribution in [-0.2, 0) is 4.74 Å². The van der Waals surface area contributed by atoms with Gasteiger partial charge in [0.15, 0.2) is 0 Å². The molecule has 0 saturated carbocycles. The third-order valence-corrected chi connectivity index (χ3v) is 0.387. The molecule has 0 aromatic carbocycles. The highest BCUT2D eigenvalue weighted by molar-refractivity contribution is 5.67. The van der Waals surface area contributed by atoms with Gasteiger partial charge in [0.1, 0.15) is 0 Å². The lowest BCUT2D eigenvalue weighted by atomic mass is 10.8. The van der Waals surface area contributed by atoms with Gasteiger partial charge in [-0.1, -0.05) is 0 Å². The largest absolute Gasteiger partial charge is 0.453 e. The summed E-state index contributed by atoms with van der Waals surface area (Å²) in [5.41, 5.74) is 0. The van der Waals surface area contributed by atoms with E-state index in [4.69, 9.17) is 6.92 Å². The zero-order valence-electron chi connectivity index (χ0n) is 3.97. The first-order valence-electron chi connectivity index (χ1n) is 1.69. The van der Waals surface area contributed by atoms with E-state index in [1.165, 1.54) is 7.11 Å². The molecule has 0 saturated heterocycles. The first-order chi connectivity index (χ1) is 3.31. The van der Waals surface area contributed by atoms with Crippen LogP contribution in [0.25, 0.3) is 0 Å². The van der Waals surface area contributed by atoms with E-state index in [9.17, 15) is 4.79 Å².